The fourth-order valence-corrected chi connectivity index (χ4v) is 3.16. The van der Waals surface area contributed by atoms with E-state index < -0.39 is 11.4 Å². The van der Waals surface area contributed by atoms with Crippen molar-refractivity contribution in [1.82, 2.24) is 5.32 Å². The predicted octanol–water partition coefficient (Wildman–Crippen LogP) is 3.21. The molecule has 1 saturated carbocycles. The summed E-state index contributed by atoms with van der Waals surface area (Å²) in [5.74, 6) is -0.147. The van der Waals surface area contributed by atoms with E-state index in [9.17, 15) is 14.7 Å². The summed E-state index contributed by atoms with van der Waals surface area (Å²) < 4.78 is 0. The van der Waals surface area contributed by atoms with Crippen LogP contribution in [0.15, 0.2) is 0 Å². The summed E-state index contributed by atoms with van der Waals surface area (Å²) in [6.07, 6.45) is 7.05. The molecule has 2 N–H and O–H groups in total. The van der Waals surface area contributed by atoms with Crippen molar-refractivity contribution in [2.75, 3.05) is 6.54 Å². The lowest BCUT2D eigenvalue weighted by atomic mass is 9.82. The molecule has 0 radical (unpaired) electrons. The lowest BCUT2D eigenvalue weighted by molar-refractivity contribution is -0.149. The summed E-state index contributed by atoms with van der Waals surface area (Å²) in [7, 11) is 0. The summed E-state index contributed by atoms with van der Waals surface area (Å²) in [5.41, 5.74) is -0.817. The monoisotopic (exact) mass is 283 g/mol. The molecule has 0 spiro atoms. The first-order chi connectivity index (χ1) is 9.45. The summed E-state index contributed by atoms with van der Waals surface area (Å²) >= 11 is 0. The lowest BCUT2D eigenvalue weighted by Gasteiger charge is -2.27. The van der Waals surface area contributed by atoms with Crippen LogP contribution >= 0.6 is 0 Å². The number of aliphatic carboxylic acids is 1. The average Bonchev–Trinajstić information content (AvgIpc) is 2.92. The van der Waals surface area contributed by atoms with E-state index in [2.05, 4.69) is 5.32 Å². The Kier molecular flexibility index (Phi) is 6.50. The lowest BCUT2D eigenvalue weighted by Crippen LogP contribution is -2.44. The van der Waals surface area contributed by atoms with Crippen molar-refractivity contribution in [2.24, 2.45) is 17.3 Å². The fraction of sp³-hybridized carbons (Fsp3) is 0.875. The van der Waals surface area contributed by atoms with Crippen LogP contribution in [0.5, 0.6) is 0 Å². The zero-order valence-corrected chi connectivity index (χ0v) is 13.1. The van der Waals surface area contributed by atoms with Crippen molar-refractivity contribution in [3.8, 4) is 0 Å². The summed E-state index contributed by atoms with van der Waals surface area (Å²) in [4.78, 5) is 23.5. The minimum Gasteiger partial charge on any atom is -0.481 e. The molecule has 1 aliphatic carbocycles. The topological polar surface area (TPSA) is 66.4 Å². The normalized spacial score (nSPS) is 17.9. The molecule has 1 atom stereocenters. The van der Waals surface area contributed by atoms with Gasteiger partial charge in [-0.25, -0.2) is 0 Å². The second-order valence-electron chi connectivity index (χ2n) is 6.30. The van der Waals surface area contributed by atoms with Gasteiger partial charge >= 0.3 is 5.97 Å². The quantitative estimate of drug-likeness (QED) is 0.719. The molecular formula is C16H29NO3. The van der Waals surface area contributed by atoms with Gasteiger partial charge in [-0.1, -0.05) is 46.5 Å². The molecule has 0 aliphatic heterocycles. The Hall–Kier alpha value is -1.06. The van der Waals surface area contributed by atoms with E-state index in [0.29, 0.717) is 18.8 Å². The van der Waals surface area contributed by atoms with Crippen LogP contribution < -0.4 is 5.32 Å². The molecule has 1 amide bonds. The second-order valence-corrected chi connectivity index (χ2v) is 6.30. The maximum atomic E-state index is 12.1. The molecule has 4 heteroatoms. The van der Waals surface area contributed by atoms with Crippen LogP contribution in [0.4, 0.5) is 0 Å². The summed E-state index contributed by atoms with van der Waals surface area (Å²) in [6.45, 7) is 5.93. The summed E-state index contributed by atoms with van der Waals surface area (Å²) in [5, 5.41) is 12.2. The first-order valence-corrected chi connectivity index (χ1v) is 7.96. The number of carboxylic acid groups (broad SMARTS) is 1. The molecule has 0 aromatic heterocycles. The number of carbonyl (C=O) groups is 2. The number of carboxylic acids is 1. The number of amides is 1. The molecule has 20 heavy (non-hydrogen) atoms. The molecule has 0 aromatic carbocycles. The van der Waals surface area contributed by atoms with Gasteiger partial charge in [0.1, 0.15) is 0 Å². The van der Waals surface area contributed by atoms with Crippen LogP contribution in [0.25, 0.3) is 0 Å². The van der Waals surface area contributed by atoms with E-state index in [4.69, 9.17) is 0 Å². The Labute approximate surface area is 122 Å². The van der Waals surface area contributed by atoms with Crippen LogP contribution in [-0.2, 0) is 9.59 Å². The largest absolute Gasteiger partial charge is 0.481 e. The van der Waals surface area contributed by atoms with E-state index in [-0.39, 0.29) is 18.4 Å². The molecule has 0 aromatic rings. The highest BCUT2D eigenvalue weighted by atomic mass is 16.4. The third-order valence-electron chi connectivity index (χ3n) is 5.02. The Balaban J connectivity index is 2.46. The van der Waals surface area contributed by atoms with Crippen molar-refractivity contribution < 1.29 is 14.7 Å². The third-order valence-corrected chi connectivity index (χ3v) is 5.02. The highest BCUT2D eigenvalue weighted by Gasteiger charge is 2.35. The van der Waals surface area contributed by atoms with Gasteiger partial charge in [0.15, 0.2) is 0 Å². The number of rotatable bonds is 8. The van der Waals surface area contributed by atoms with Crippen molar-refractivity contribution in [3.63, 3.8) is 0 Å². The second kappa shape index (κ2) is 7.65. The first kappa shape index (κ1) is 17.0. The van der Waals surface area contributed by atoms with Crippen LogP contribution in [-0.4, -0.2) is 23.5 Å². The molecule has 1 aliphatic rings. The highest BCUT2D eigenvalue weighted by Crippen LogP contribution is 2.30. The Bertz CT molecular complexity index is 331. The van der Waals surface area contributed by atoms with E-state index in [0.717, 1.165) is 6.42 Å². The number of carbonyl (C=O) groups excluding carboxylic acids is 1. The number of hydrogen-bond acceptors (Lipinski definition) is 2. The van der Waals surface area contributed by atoms with Crippen molar-refractivity contribution in [1.29, 1.82) is 0 Å². The van der Waals surface area contributed by atoms with Crippen LogP contribution in [0.3, 0.4) is 0 Å². The molecule has 116 valence electrons. The molecule has 1 fully saturated rings. The van der Waals surface area contributed by atoms with E-state index in [1.165, 1.54) is 25.7 Å². The molecule has 0 bridgehead atoms. The minimum atomic E-state index is -0.817. The van der Waals surface area contributed by atoms with Gasteiger partial charge in [-0.3, -0.25) is 9.59 Å². The van der Waals surface area contributed by atoms with E-state index in [1.807, 2.05) is 20.8 Å². The van der Waals surface area contributed by atoms with E-state index in [1.54, 1.807) is 0 Å². The van der Waals surface area contributed by atoms with E-state index >= 15 is 0 Å². The molecule has 0 heterocycles. The molecular weight excluding hydrogens is 254 g/mol. The smallest absolute Gasteiger partial charge is 0.311 e. The maximum Gasteiger partial charge on any atom is 0.311 e. The number of nitrogens with one attached hydrogen (secondary N) is 1. The summed E-state index contributed by atoms with van der Waals surface area (Å²) in [6, 6.07) is 0. The minimum absolute atomic E-state index is 0.00410. The van der Waals surface area contributed by atoms with Crippen LogP contribution in [0.2, 0.25) is 0 Å². The van der Waals surface area contributed by atoms with Gasteiger partial charge in [-0.15, -0.1) is 0 Å². The Morgan fingerprint density at radius 3 is 2.25 bits per heavy atom. The molecule has 0 saturated heterocycles. The standard InChI is InChI=1S/C16H29NO3/c1-4-16(5-2,15(19)20)11-17-14(18)12(3)10-13-8-6-7-9-13/h12-13H,4-11H2,1-3H3,(H,17,18)(H,19,20). The van der Waals surface area contributed by atoms with Gasteiger partial charge in [0.05, 0.1) is 5.41 Å². The van der Waals surface area contributed by atoms with Crippen LogP contribution in [0.1, 0.15) is 65.7 Å². The fourth-order valence-electron chi connectivity index (χ4n) is 3.16. The SMILES string of the molecule is CCC(CC)(CNC(=O)C(C)CC1CCCC1)C(=O)O. The van der Waals surface area contributed by atoms with Gasteiger partial charge in [0.25, 0.3) is 0 Å². The highest BCUT2D eigenvalue weighted by molar-refractivity contribution is 5.80. The molecule has 4 nitrogen and oxygen atoms in total. The maximum absolute atomic E-state index is 12.1. The van der Waals surface area contributed by atoms with Gasteiger partial charge in [0, 0.05) is 12.5 Å². The zero-order valence-electron chi connectivity index (χ0n) is 13.1. The third kappa shape index (κ3) is 4.22. The van der Waals surface area contributed by atoms with Crippen molar-refractivity contribution in [3.05, 3.63) is 0 Å². The van der Waals surface area contributed by atoms with Crippen molar-refractivity contribution >= 4 is 11.9 Å². The van der Waals surface area contributed by atoms with Crippen molar-refractivity contribution in [2.45, 2.75) is 65.7 Å². The predicted molar refractivity (Wildman–Crippen MR) is 79.4 cm³/mol. The van der Waals surface area contributed by atoms with Crippen LogP contribution in [0, 0.1) is 17.3 Å². The van der Waals surface area contributed by atoms with Gasteiger partial charge in [-0.05, 0) is 25.2 Å². The van der Waals surface area contributed by atoms with Gasteiger partial charge in [-0.2, -0.15) is 0 Å². The Morgan fingerprint density at radius 1 is 1.25 bits per heavy atom. The zero-order chi connectivity index (χ0) is 15.2. The van der Waals surface area contributed by atoms with Gasteiger partial charge < -0.3 is 10.4 Å². The Morgan fingerprint density at radius 2 is 1.80 bits per heavy atom. The molecule has 1 unspecified atom stereocenters. The number of hydrogen-bond donors (Lipinski definition) is 2. The molecule has 1 rings (SSSR count). The average molecular weight is 283 g/mol. The first-order valence-electron chi connectivity index (χ1n) is 7.96. The van der Waals surface area contributed by atoms with Gasteiger partial charge in [0.2, 0.25) is 5.91 Å².